The quantitative estimate of drug-likeness (QED) is 0.732. The van der Waals surface area contributed by atoms with E-state index in [1.807, 2.05) is 17.5 Å². The van der Waals surface area contributed by atoms with Crippen LogP contribution in [0.25, 0.3) is 0 Å². The van der Waals surface area contributed by atoms with Crippen LogP contribution in [-0.2, 0) is 20.3 Å². The normalized spacial score (nSPS) is 14.5. The Morgan fingerprint density at radius 1 is 1.59 bits per heavy atom. The molecule has 1 aromatic heterocycles. The molecule has 1 rings (SSSR count). The van der Waals surface area contributed by atoms with Crippen molar-refractivity contribution in [3.8, 4) is 0 Å². The molecule has 0 fully saturated rings. The van der Waals surface area contributed by atoms with Gasteiger partial charge in [-0.2, -0.15) is 0 Å². The van der Waals surface area contributed by atoms with Gasteiger partial charge < -0.3 is 4.74 Å². The van der Waals surface area contributed by atoms with Crippen LogP contribution < -0.4 is 0 Å². The van der Waals surface area contributed by atoms with Gasteiger partial charge in [0.15, 0.2) is 0 Å². The maximum absolute atomic E-state index is 11.8. The highest BCUT2D eigenvalue weighted by atomic mass is 32.2. The zero-order chi connectivity index (χ0) is 12.7. The molecule has 0 saturated carbocycles. The molecule has 0 aromatic carbocycles. The van der Waals surface area contributed by atoms with E-state index in [2.05, 4.69) is 0 Å². The van der Waals surface area contributed by atoms with Gasteiger partial charge in [0, 0.05) is 19.3 Å². The predicted molar refractivity (Wildman–Crippen MR) is 70.9 cm³/mol. The SMILES string of the molecule is COC(CCCS(=O)c1cccs1)CC(C)=O. The Labute approximate surface area is 109 Å². The second-order valence-electron chi connectivity index (χ2n) is 3.89. The molecule has 0 aliphatic rings. The van der Waals surface area contributed by atoms with Gasteiger partial charge in [-0.25, -0.2) is 0 Å². The lowest BCUT2D eigenvalue weighted by Gasteiger charge is -2.12. The van der Waals surface area contributed by atoms with Gasteiger partial charge >= 0.3 is 0 Å². The lowest BCUT2D eigenvalue weighted by molar-refractivity contribution is -0.119. The molecule has 1 heterocycles. The van der Waals surface area contributed by atoms with Crippen LogP contribution in [0.15, 0.2) is 21.7 Å². The fraction of sp³-hybridized carbons (Fsp3) is 0.583. The summed E-state index contributed by atoms with van der Waals surface area (Å²) in [5.74, 6) is 0.773. The minimum Gasteiger partial charge on any atom is -0.381 e. The van der Waals surface area contributed by atoms with Crippen LogP contribution in [0.2, 0.25) is 0 Å². The highest BCUT2D eigenvalue weighted by molar-refractivity contribution is 7.87. The minimum atomic E-state index is -0.905. The van der Waals surface area contributed by atoms with Crippen molar-refractivity contribution in [2.75, 3.05) is 12.9 Å². The van der Waals surface area contributed by atoms with E-state index in [1.165, 1.54) is 11.3 Å². The molecule has 0 N–H and O–H groups in total. The average molecular weight is 274 g/mol. The summed E-state index contributed by atoms with van der Waals surface area (Å²) in [6, 6.07) is 3.80. The summed E-state index contributed by atoms with van der Waals surface area (Å²) in [5.41, 5.74) is 0. The summed E-state index contributed by atoms with van der Waals surface area (Å²) < 4.78 is 17.9. The summed E-state index contributed by atoms with van der Waals surface area (Å²) in [6.07, 6.45) is 2.01. The second kappa shape index (κ2) is 7.74. The predicted octanol–water partition coefficient (Wildman–Crippen LogP) is 2.63. The highest BCUT2D eigenvalue weighted by Gasteiger charge is 2.11. The van der Waals surface area contributed by atoms with Gasteiger partial charge in [-0.1, -0.05) is 6.07 Å². The molecular weight excluding hydrogens is 256 g/mol. The van der Waals surface area contributed by atoms with Crippen LogP contribution in [0.1, 0.15) is 26.2 Å². The van der Waals surface area contributed by atoms with E-state index in [4.69, 9.17) is 4.74 Å². The van der Waals surface area contributed by atoms with E-state index < -0.39 is 10.8 Å². The van der Waals surface area contributed by atoms with E-state index >= 15 is 0 Å². The summed E-state index contributed by atoms with van der Waals surface area (Å²) >= 11 is 1.52. The molecule has 0 saturated heterocycles. The van der Waals surface area contributed by atoms with Crippen LogP contribution in [0.5, 0.6) is 0 Å². The highest BCUT2D eigenvalue weighted by Crippen LogP contribution is 2.16. The standard InChI is InChI=1S/C12H18O3S2/c1-10(13)9-11(15-2)5-4-8-17(14)12-6-3-7-16-12/h3,6-7,11H,4-5,8-9H2,1-2H3. The first-order valence-electron chi connectivity index (χ1n) is 5.57. The van der Waals surface area contributed by atoms with E-state index in [0.717, 1.165) is 17.1 Å². The summed E-state index contributed by atoms with van der Waals surface area (Å²) in [6.45, 7) is 1.57. The number of thiophene rings is 1. The van der Waals surface area contributed by atoms with Crippen molar-refractivity contribution in [2.24, 2.45) is 0 Å². The van der Waals surface area contributed by atoms with Gasteiger partial charge in [0.05, 0.1) is 21.1 Å². The Balaban J connectivity index is 2.27. The van der Waals surface area contributed by atoms with Crippen molar-refractivity contribution < 1.29 is 13.7 Å². The smallest absolute Gasteiger partial charge is 0.132 e. The Morgan fingerprint density at radius 2 is 2.35 bits per heavy atom. The monoisotopic (exact) mass is 274 g/mol. The third-order valence-corrected chi connectivity index (χ3v) is 5.18. The van der Waals surface area contributed by atoms with E-state index in [9.17, 15) is 9.00 Å². The molecule has 0 aliphatic heterocycles. The van der Waals surface area contributed by atoms with Crippen molar-refractivity contribution in [1.82, 2.24) is 0 Å². The Bertz CT molecular complexity index is 360. The van der Waals surface area contributed by atoms with Crippen molar-refractivity contribution in [3.05, 3.63) is 17.5 Å². The number of carbonyl (C=O) groups excluding carboxylic acids is 1. The Kier molecular flexibility index (Phi) is 6.62. The van der Waals surface area contributed by atoms with E-state index in [1.54, 1.807) is 14.0 Å². The largest absolute Gasteiger partial charge is 0.381 e. The number of hydrogen-bond donors (Lipinski definition) is 0. The minimum absolute atomic E-state index is 0.0344. The first-order valence-corrected chi connectivity index (χ1v) is 7.77. The number of ketones is 1. The second-order valence-corrected chi connectivity index (χ2v) is 6.63. The fourth-order valence-corrected chi connectivity index (χ4v) is 3.71. The lowest BCUT2D eigenvalue weighted by atomic mass is 10.1. The van der Waals surface area contributed by atoms with Gasteiger partial charge in [0.1, 0.15) is 5.78 Å². The van der Waals surface area contributed by atoms with E-state index in [-0.39, 0.29) is 11.9 Å². The van der Waals surface area contributed by atoms with Crippen molar-refractivity contribution >= 4 is 27.9 Å². The van der Waals surface area contributed by atoms with Gasteiger partial charge in [-0.05, 0) is 31.2 Å². The summed E-state index contributed by atoms with van der Waals surface area (Å²) in [4.78, 5) is 11.0. The number of hydrogen-bond acceptors (Lipinski definition) is 4. The molecule has 0 bridgehead atoms. The van der Waals surface area contributed by atoms with Crippen molar-refractivity contribution in [3.63, 3.8) is 0 Å². The molecule has 0 amide bonds. The maximum atomic E-state index is 11.8. The van der Waals surface area contributed by atoms with E-state index in [0.29, 0.717) is 12.2 Å². The van der Waals surface area contributed by atoms with Gasteiger partial charge in [0.2, 0.25) is 0 Å². The first-order chi connectivity index (χ1) is 8.13. The molecular formula is C12H18O3S2. The van der Waals surface area contributed by atoms with Crippen LogP contribution in [-0.4, -0.2) is 29.0 Å². The average Bonchev–Trinajstić information content (AvgIpc) is 2.80. The van der Waals surface area contributed by atoms with Crippen LogP contribution in [0, 0.1) is 0 Å². The van der Waals surface area contributed by atoms with Gasteiger partial charge in [-0.3, -0.25) is 9.00 Å². The Morgan fingerprint density at radius 3 is 2.88 bits per heavy atom. The summed E-state index contributed by atoms with van der Waals surface area (Å²) in [7, 11) is 0.710. The molecule has 2 atom stereocenters. The number of methoxy groups -OCH3 is 1. The molecule has 3 nitrogen and oxygen atoms in total. The molecule has 2 unspecified atom stereocenters. The number of carbonyl (C=O) groups is 1. The topological polar surface area (TPSA) is 43.4 Å². The zero-order valence-corrected chi connectivity index (χ0v) is 11.8. The fourth-order valence-electron chi connectivity index (χ4n) is 1.56. The number of Topliss-reactive ketones (excluding diaryl/α,β-unsaturated/α-hetero) is 1. The number of rotatable bonds is 8. The van der Waals surface area contributed by atoms with Gasteiger partial charge in [-0.15, -0.1) is 11.3 Å². The third-order valence-electron chi connectivity index (χ3n) is 2.42. The Hall–Kier alpha value is -0.520. The molecule has 96 valence electrons. The van der Waals surface area contributed by atoms with Crippen LogP contribution in [0.3, 0.4) is 0 Å². The van der Waals surface area contributed by atoms with Gasteiger partial charge in [0.25, 0.3) is 0 Å². The van der Waals surface area contributed by atoms with Crippen LogP contribution in [0.4, 0.5) is 0 Å². The molecule has 0 spiro atoms. The van der Waals surface area contributed by atoms with Crippen molar-refractivity contribution in [2.45, 2.75) is 36.5 Å². The third kappa shape index (κ3) is 5.57. The number of ether oxygens (including phenoxy) is 1. The van der Waals surface area contributed by atoms with Crippen LogP contribution >= 0.6 is 11.3 Å². The van der Waals surface area contributed by atoms with Crippen molar-refractivity contribution in [1.29, 1.82) is 0 Å². The molecule has 17 heavy (non-hydrogen) atoms. The molecule has 0 aliphatic carbocycles. The zero-order valence-electron chi connectivity index (χ0n) is 10.2. The molecule has 1 aromatic rings. The molecule has 5 heteroatoms. The molecule has 0 radical (unpaired) electrons. The lowest BCUT2D eigenvalue weighted by Crippen LogP contribution is -2.15. The first kappa shape index (κ1) is 14.5. The summed E-state index contributed by atoms with van der Waals surface area (Å²) in [5, 5.41) is 1.93. The maximum Gasteiger partial charge on any atom is 0.132 e.